The predicted molar refractivity (Wildman–Crippen MR) is 112 cm³/mol. The second kappa shape index (κ2) is 12.8. The molecule has 1 aliphatic rings. The van der Waals surface area contributed by atoms with Crippen LogP contribution < -0.4 is 10.6 Å². The van der Waals surface area contributed by atoms with Crippen molar-refractivity contribution >= 4 is 5.96 Å². The maximum atomic E-state index is 6.02. The Morgan fingerprint density at radius 1 is 1.30 bits per heavy atom. The first-order valence-electron chi connectivity index (χ1n) is 10.9. The van der Waals surface area contributed by atoms with E-state index in [1.54, 1.807) is 0 Å². The fourth-order valence-electron chi connectivity index (χ4n) is 3.90. The number of aliphatic imine (C=N–C) groups is 1. The smallest absolute Gasteiger partial charge is 0.191 e. The summed E-state index contributed by atoms with van der Waals surface area (Å²) in [6.45, 7) is 10.7. The Morgan fingerprint density at radius 2 is 2.11 bits per heavy atom. The van der Waals surface area contributed by atoms with Gasteiger partial charge in [-0.2, -0.15) is 0 Å². The summed E-state index contributed by atoms with van der Waals surface area (Å²) in [5, 5.41) is 6.84. The van der Waals surface area contributed by atoms with Crippen LogP contribution in [0.2, 0.25) is 0 Å². The van der Waals surface area contributed by atoms with E-state index in [0.29, 0.717) is 6.10 Å². The van der Waals surface area contributed by atoms with Crippen molar-refractivity contribution in [2.24, 2.45) is 10.9 Å². The first-order valence-corrected chi connectivity index (χ1v) is 10.9. The first-order chi connectivity index (χ1) is 13.2. The highest BCUT2D eigenvalue weighted by molar-refractivity contribution is 5.79. The fraction of sp³-hybridized carbons (Fsp3) is 0.810. The molecule has 2 rings (SSSR count). The molecule has 27 heavy (non-hydrogen) atoms. The maximum Gasteiger partial charge on any atom is 0.191 e. The molecule has 0 aliphatic heterocycles. The number of nitrogens with one attached hydrogen (secondary N) is 2. The van der Waals surface area contributed by atoms with Crippen LogP contribution in [0.25, 0.3) is 0 Å². The lowest BCUT2D eigenvalue weighted by molar-refractivity contribution is 0.0169. The number of hydrogen-bond donors (Lipinski definition) is 2. The van der Waals surface area contributed by atoms with Gasteiger partial charge in [-0.3, -0.25) is 4.99 Å². The van der Waals surface area contributed by atoms with Crippen molar-refractivity contribution in [2.45, 2.75) is 78.4 Å². The van der Waals surface area contributed by atoms with Crippen molar-refractivity contribution < 1.29 is 4.74 Å². The molecular weight excluding hydrogens is 338 g/mol. The molecule has 6 heteroatoms. The highest BCUT2D eigenvalue weighted by atomic mass is 16.5. The van der Waals surface area contributed by atoms with Gasteiger partial charge in [0, 0.05) is 45.2 Å². The molecule has 0 spiro atoms. The average Bonchev–Trinajstić information content (AvgIpc) is 3.33. The van der Waals surface area contributed by atoms with Gasteiger partial charge in [0.15, 0.2) is 5.96 Å². The SMILES string of the molecule is CCNC(=NCCCCn1ccnc1C)NCCC(OCC)C1CCCC1. The van der Waals surface area contributed by atoms with E-state index in [1.807, 2.05) is 19.3 Å². The van der Waals surface area contributed by atoms with E-state index < -0.39 is 0 Å². The molecular formula is C21H39N5O. The number of hydrogen-bond acceptors (Lipinski definition) is 3. The Kier molecular flexibility index (Phi) is 10.3. The van der Waals surface area contributed by atoms with Crippen LogP contribution in [0.3, 0.4) is 0 Å². The number of imidazole rings is 1. The fourth-order valence-corrected chi connectivity index (χ4v) is 3.90. The summed E-state index contributed by atoms with van der Waals surface area (Å²) in [5.41, 5.74) is 0. The molecule has 0 amide bonds. The van der Waals surface area contributed by atoms with E-state index in [1.165, 1.54) is 25.7 Å². The van der Waals surface area contributed by atoms with Crippen LogP contribution in [-0.2, 0) is 11.3 Å². The average molecular weight is 378 g/mol. The lowest BCUT2D eigenvalue weighted by Crippen LogP contribution is -2.39. The van der Waals surface area contributed by atoms with Gasteiger partial charge < -0.3 is 19.9 Å². The summed E-state index contributed by atoms with van der Waals surface area (Å²) in [5.74, 6) is 2.76. The predicted octanol–water partition coefficient (Wildman–Crippen LogP) is 3.51. The zero-order valence-electron chi connectivity index (χ0n) is 17.5. The number of nitrogens with zero attached hydrogens (tertiary/aromatic N) is 3. The van der Waals surface area contributed by atoms with Gasteiger partial charge in [-0.15, -0.1) is 0 Å². The van der Waals surface area contributed by atoms with Gasteiger partial charge in [-0.05, 0) is 58.8 Å². The molecule has 1 heterocycles. The summed E-state index contributed by atoms with van der Waals surface area (Å²) in [7, 11) is 0. The molecule has 0 bridgehead atoms. The Bertz CT molecular complexity index is 536. The van der Waals surface area contributed by atoms with Crippen molar-refractivity contribution in [1.29, 1.82) is 0 Å². The Hall–Kier alpha value is -1.56. The molecule has 0 saturated heterocycles. The number of aryl methyl sites for hydroxylation is 2. The first kappa shape index (κ1) is 21.7. The quantitative estimate of drug-likeness (QED) is 0.332. The van der Waals surface area contributed by atoms with E-state index in [9.17, 15) is 0 Å². The van der Waals surface area contributed by atoms with Crippen molar-refractivity contribution in [2.75, 3.05) is 26.2 Å². The van der Waals surface area contributed by atoms with Crippen LogP contribution >= 0.6 is 0 Å². The van der Waals surface area contributed by atoms with Gasteiger partial charge in [-0.25, -0.2) is 4.98 Å². The largest absolute Gasteiger partial charge is 0.378 e. The zero-order valence-corrected chi connectivity index (χ0v) is 17.5. The van der Waals surface area contributed by atoms with E-state index in [2.05, 4.69) is 34.0 Å². The number of unbranched alkanes of at least 4 members (excludes halogenated alkanes) is 1. The lowest BCUT2D eigenvalue weighted by Gasteiger charge is -2.24. The minimum Gasteiger partial charge on any atom is -0.378 e. The Balaban J connectivity index is 1.68. The summed E-state index contributed by atoms with van der Waals surface area (Å²) >= 11 is 0. The van der Waals surface area contributed by atoms with Gasteiger partial charge in [0.05, 0.1) is 6.10 Å². The van der Waals surface area contributed by atoms with Crippen molar-refractivity contribution in [3.8, 4) is 0 Å². The summed E-state index contributed by atoms with van der Waals surface area (Å²) < 4.78 is 8.22. The third-order valence-electron chi connectivity index (χ3n) is 5.37. The van der Waals surface area contributed by atoms with Crippen LogP contribution in [0.1, 0.15) is 64.6 Å². The minimum atomic E-state index is 0.395. The third-order valence-corrected chi connectivity index (χ3v) is 5.37. The number of aromatic nitrogens is 2. The zero-order chi connectivity index (χ0) is 19.3. The van der Waals surface area contributed by atoms with E-state index in [0.717, 1.165) is 69.8 Å². The van der Waals surface area contributed by atoms with Gasteiger partial charge in [0.25, 0.3) is 0 Å². The van der Waals surface area contributed by atoms with Crippen LogP contribution in [0.15, 0.2) is 17.4 Å². The van der Waals surface area contributed by atoms with E-state index in [4.69, 9.17) is 9.73 Å². The summed E-state index contributed by atoms with van der Waals surface area (Å²) in [6.07, 6.45) is 12.9. The van der Waals surface area contributed by atoms with Crippen LogP contribution in [-0.4, -0.2) is 47.9 Å². The second-order valence-electron chi connectivity index (χ2n) is 7.39. The number of guanidine groups is 1. The molecule has 1 atom stereocenters. The van der Waals surface area contributed by atoms with Gasteiger partial charge in [-0.1, -0.05) is 12.8 Å². The van der Waals surface area contributed by atoms with Crippen LogP contribution in [0, 0.1) is 12.8 Å². The van der Waals surface area contributed by atoms with Gasteiger partial charge >= 0.3 is 0 Å². The minimum absolute atomic E-state index is 0.395. The topological polar surface area (TPSA) is 63.5 Å². The van der Waals surface area contributed by atoms with Crippen molar-refractivity contribution in [3.05, 3.63) is 18.2 Å². The summed E-state index contributed by atoms with van der Waals surface area (Å²) in [4.78, 5) is 8.99. The highest BCUT2D eigenvalue weighted by Gasteiger charge is 2.25. The molecule has 1 fully saturated rings. The second-order valence-corrected chi connectivity index (χ2v) is 7.39. The van der Waals surface area contributed by atoms with Gasteiger partial charge in [0.2, 0.25) is 0 Å². The molecule has 0 aromatic carbocycles. The molecule has 0 radical (unpaired) electrons. The molecule has 6 nitrogen and oxygen atoms in total. The summed E-state index contributed by atoms with van der Waals surface area (Å²) in [6, 6.07) is 0. The van der Waals surface area contributed by atoms with Gasteiger partial charge in [0.1, 0.15) is 5.82 Å². The molecule has 1 aromatic rings. The number of ether oxygens (including phenoxy) is 1. The van der Waals surface area contributed by atoms with E-state index >= 15 is 0 Å². The van der Waals surface area contributed by atoms with Crippen molar-refractivity contribution in [3.63, 3.8) is 0 Å². The number of rotatable bonds is 12. The molecule has 1 unspecified atom stereocenters. The molecule has 1 saturated carbocycles. The van der Waals surface area contributed by atoms with Crippen molar-refractivity contribution in [1.82, 2.24) is 20.2 Å². The normalized spacial score (nSPS) is 16.6. The molecule has 154 valence electrons. The molecule has 1 aliphatic carbocycles. The Labute approximate surface area is 165 Å². The third kappa shape index (κ3) is 7.91. The standard InChI is InChI=1S/C21H39N5O/c1-4-22-21(24-13-8-9-16-26-17-15-23-18(26)3)25-14-12-20(27-5-2)19-10-6-7-11-19/h15,17,19-20H,4-14,16H2,1-3H3,(H2,22,24,25). The maximum absolute atomic E-state index is 6.02. The Morgan fingerprint density at radius 3 is 2.78 bits per heavy atom. The molecule has 2 N–H and O–H groups in total. The van der Waals surface area contributed by atoms with Crippen LogP contribution in [0.4, 0.5) is 0 Å². The van der Waals surface area contributed by atoms with Crippen LogP contribution in [0.5, 0.6) is 0 Å². The lowest BCUT2D eigenvalue weighted by atomic mass is 9.98. The molecule has 1 aromatic heterocycles. The highest BCUT2D eigenvalue weighted by Crippen LogP contribution is 2.30. The monoisotopic (exact) mass is 377 g/mol. The van der Waals surface area contributed by atoms with E-state index in [-0.39, 0.29) is 0 Å².